The molecule has 0 saturated carbocycles. The second-order valence-electron chi connectivity index (χ2n) is 5.74. The maximum absolute atomic E-state index is 13.8. The van der Waals surface area contributed by atoms with E-state index in [9.17, 15) is 8.78 Å². The standard InChI is InChI=1S/C16H20F2N4O2S/c1-23-10-16(17,18)11-4-6-12(7-5-11)25(19)22-13-9-20-21-15(13)14-3-2-8-24-14/h4-7,9,14H,2-3,8,10H2,1H3,(H2,19,22)(H,20,21). The number of alkyl halides is 2. The summed E-state index contributed by atoms with van der Waals surface area (Å²) in [4.78, 5) is 0.663. The Morgan fingerprint density at radius 1 is 1.44 bits per heavy atom. The van der Waals surface area contributed by atoms with Crippen molar-refractivity contribution in [1.82, 2.24) is 10.2 Å². The zero-order valence-electron chi connectivity index (χ0n) is 13.7. The first-order chi connectivity index (χ1) is 12.0. The van der Waals surface area contributed by atoms with E-state index >= 15 is 0 Å². The molecule has 0 radical (unpaired) electrons. The van der Waals surface area contributed by atoms with Crippen LogP contribution in [0.25, 0.3) is 0 Å². The summed E-state index contributed by atoms with van der Waals surface area (Å²) in [5.41, 5.74) is 1.34. The molecule has 136 valence electrons. The molecule has 9 heteroatoms. The van der Waals surface area contributed by atoms with E-state index in [4.69, 9.17) is 9.88 Å². The van der Waals surface area contributed by atoms with Gasteiger partial charge in [0.05, 0.1) is 11.9 Å². The van der Waals surface area contributed by atoms with E-state index in [1.54, 1.807) is 18.3 Å². The molecule has 2 heterocycles. The third-order valence-electron chi connectivity index (χ3n) is 3.94. The van der Waals surface area contributed by atoms with Gasteiger partial charge in [-0.2, -0.15) is 13.9 Å². The van der Waals surface area contributed by atoms with E-state index < -0.39 is 23.4 Å². The quantitative estimate of drug-likeness (QED) is 0.816. The third-order valence-corrected chi connectivity index (χ3v) is 5.09. The maximum atomic E-state index is 13.8. The molecular weight excluding hydrogens is 350 g/mol. The minimum atomic E-state index is -3.03. The second kappa shape index (κ2) is 7.69. The fourth-order valence-electron chi connectivity index (χ4n) is 2.67. The normalized spacial score (nSPS) is 19.4. The molecule has 1 aromatic carbocycles. The van der Waals surface area contributed by atoms with Gasteiger partial charge in [0.1, 0.15) is 18.4 Å². The minimum absolute atomic E-state index is 0.0478. The predicted molar refractivity (Wildman–Crippen MR) is 90.6 cm³/mol. The summed E-state index contributed by atoms with van der Waals surface area (Å²) < 4.78 is 42.3. The van der Waals surface area contributed by atoms with Crippen LogP contribution in [0.2, 0.25) is 0 Å². The van der Waals surface area contributed by atoms with Gasteiger partial charge in [0.15, 0.2) is 0 Å². The summed E-state index contributed by atoms with van der Waals surface area (Å²) in [6.45, 7) is 0.0550. The van der Waals surface area contributed by atoms with E-state index in [-0.39, 0.29) is 11.7 Å². The van der Waals surface area contributed by atoms with E-state index in [0.717, 1.165) is 18.5 Å². The molecule has 2 unspecified atom stereocenters. The van der Waals surface area contributed by atoms with E-state index in [2.05, 4.69) is 19.3 Å². The number of hydrogen-bond donors (Lipinski definition) is 2. The number of H-pyrrole nitrogens is 1. The molecule has 1 saturated heterocycles. The Kier molecular flexibility index (Phi) is 5.57. The van der Waals surface area contributed by atoms with Gasteiger partial charge in [-0.1, -0.05) is 12.1 Å². The Hall–Kier alpha value is -1.68. The van der Waals surface area contributed by atoms with E-state index in [0.29, 0.717) is 17.2 Å². The van der Waals surface area contributed by atoms with Crippen LogP contribution < -0.4 is 5.14 Å². The number of hydrogen-bond acceptors (Lipinski definition) is 4. The van der Waals surface area contributed by atoms with Crippen molar-refractivity contribution in [1.29, 1.82) is 0 Å². The second-order valence-corrected chi connectivity index (χ2v) is 7.02. The molecular formula is C16H20F2N4O2S. The fraction of sp³-hybridized carbons (Fsp3) is 0.438. The molecule has 0 bridgehead atoms. The van der Waals surface area contributed by atoms with Gasteiger partial charge < -0.3 is 9.47 Å². The summed E-state index contributed by atoms with van der Waals surface area (Å²) in [7, 11) is 0.266. The number of aromatic nitrogens is 2. The molecule has 2 atom stereocenters. The predicted octanol–water partition coefficient (Wildman–Crippen LogP) is 3.37. The van der Waals surface area contributed by atoms with Crippen LogP contribution in [0.4, 0.5) is 14.5 Å². The molecule has 3 rings (SSSR count). The molecule has 25 heavy (non-hydrogen) atoms. The number of methoxy groups -OCH3 is 1. The maximum Gasteiger partial charge on any atom is 0.296 e. The average molecular weight is 370 g/mol. The minimum Gasteiger partial charge on any atom is -0.378 e. The van der Waals surface area contributed by atoms with Crippen molar-refractivity contribution in [2.45, 2.75) is 29.8 Å². The van der Waals surface area contributed by atoms with Crippen LogP contribution in [0.5, 0.6) is 0 Å². The Bertz CT molecular complexity index is 743. The smallest absolute Gasteiger partial charge is 0.296 e. The van der Waals surface area contributed by atoms with Crippen molar-refractivity contribution < 1.29 is 18.3 Å². The molecule has 1 aliphatic heterocycles. The van der Waals surface area contributed by atoms with Crippen LogP contribution in [0.3, 0.4) is 0 Å². The number of nitrogens with zero attached hydrogens (tertiary/aromatic N) is 2. The van der Waals surface area contributed by atoms with Crippen LogP contribution in [0.15, 0.2) is 39.7 Å². The summed E-state index contributed by atoms with van der Waals surface area (Å²) in [5.74, 6) is -3.03. The van der Waals surface area contributed by atoms with Gasteiger partial charge in [0.25, 0.3) is 5.92 Å². The van der Waals surface area contributed by atoms with Gasteiger partial charge >= 0.3 is 0 Å². The van der Waals surface area contributed by atoms with Gasteiger partial charge in [-0.05, 0) is 25.0 Å². The van der Waals surface area contributed by atoms with E-state index in [1.165, 1.54) is 19.2 Å². The number of rotatable bonds is 6. The van der Waals surface area contributed by atoms with Crippen LogP contribution in [-0.2, 0) is 26.3 Å². The first kappa shape index (κ1) is 18.1. The lowest BCUT2D eigenvalue weighted by Crippen LogP contribution is -2.20. The van der Waals surface area contributed by atoms with Crippen molar-refractivity contribution in [3.8, 4) is 0 Å². The summed E-state index contributed by atoms with van der Waals surface area (Å²) >= 11 is 0. The van der Waals surface area contributed by atoms with Crippen LogP contribution >= 0.6 is 0 Å². The molecule has 1 aromatic heterocycles. The Balaban J connectivity index is 1.80. The highest BCUT2D eigenvalue weighted by Gasteiger charge is 2.31. The van der Waals surface area contributed by atoms with Crippen LogP contribution in [0, 0.1) is 0 Å². The molecule has 1 fully saturated rings. The SMILES string of the molecule is COCC(F)(F)c1ccc(S(N)=Nc2cn[nH]c2C2CCCO2)cc1. The largest absolute Gasteiger partial charge is 0.378 e. The fourth-order valence-corrected chi connectivity index (χ4v) is 3.54. The lowest BCUT2D eigenvalue weighted by molar-refractivity contribution is -0.0698. The number of ether oxygens (including phenoxy) is 2. The molecule has 2 aromatic rings. The lowest BCUT2D eigenvalue weighted by atomic mass is 10.1. The van der Waals surface area contributed by atoms with Crippen molar-refractivity contribution in [2.24, 2.45) is 9.50 Å². The molecule has 1 aliphatic rings. The highest BCUT2D eigenvalue weighted by molar-refractivity contribution is 7.85. The van der Waals surface area contributed by atoms with Crippen molar-refractivity contribution in [3.63, 3.8) is 0 Å². The number of nitrogens with two attached hydrogens (primary N) is 1. The topological polar surface area (TPSA) is 85.5 Å². The van der Waals surface area contributed by atoms with Crippen molar-refractivity contribution in [2.75, 3.05) is 20.3 Å². The summed E-state index contributed by atoms with van der Waals surface area (Å²) in [5, 5.41) is 13.1. The summed E-state index contributed by atoms with van der Waals surface area (Å²) in [6.07, 6.45) is 3.46. The Labute approximate surface area is 146 Å². The first-order valence-corrected chi connectivity index (χ1v) is 9.08. The highest BCUT2D eigenvalue weighted by Crippen LogP contribution is 2.34. The Morgan fingerprint density at radius 2 is 2.20 bits per heavy atom. The van der Waals surface area contributed by atoms with Crippen molar-refractivity contribution in [3.05, 3.63) is 41.7 Å². The zero-order valence-corrected chi connectivity index (χ0v) is 14.6. The van der Waals surface area contributed by atoms with Gasteiger partial charge in [0.2, 0.25) is 0 Å². The van der Waals surface area contributed by atoms with Crippen molar-refractivity contribution >= 4 is 16.6 Å². The average Bonchev–Trinajstić information content (AvgIpc) is 3.26. The third kappa shape index (κ3) is 4.12. The Morgan fingerprint density at radius 3 is 2.84 bits per heavy atom. The molecule has 0 aliphatic carbocycles. The highest BCUT2D eigenvalue weighted by atomic mass is 32.2. The van der Waals surface area contributed by atoms with Gasteiger partial charge in [-0.3, -0.25) is 10.2 Å². The molecule has 6 nitrogen and oxygen atoms in total. The monoisotopic (exact) mass is 370 g/mol. The lowest BCUT2D eigenvalue weighted by Gasteiger charge is -2.16. The molecule has 3 N–H and O–H groups in total. The van der Waals surface area contributed by atoms with Crippen LogP contribution in [-0.4, -0.2) is 30.5 Å². The number of halogens is 2. The van der Waals surface area contributed by atoms with Gasteiger partial charge in [-0.25, -0.2) is 4.36 Å². The number of benzene rings is 1. The van der Waals surface area contributed by atoms with Crippen LogP contribution in [0.1, 0.15) is 30.2 Å². The summed E-state index contributed by atoms with van der Waals surface area (Å²) in [6, 6.07) is 5.84. The zero-order chi connectivity index (χ0) is 17.9. The first-order valence-electron chi connectivity index (χ1n) is 7.84. The van der Waals surface area contributed by atoms with E-state index in [1.807, 2.05) is 0 Å². The van der Waals surface area contributed by atoms with Gasteiger partial charge in [0, 0.05) is 35.1 Å². The molecule has 0 amide bonds. The van der Waals surface area contributed by atoms with Gasteiger partial charge in [-0.15, -0.1) is 0 Å². The number of aromatic amines is 1. The number of nitrogens with one attached hydrogen (secondary N) is 1. The molecule has 0 spiro atoms.